The highest BCUT2D eigenvalue weighted by Crippen LogP contribution is 2.29. The molecule has 0 radical (unpaired) electrons. The predicted octanol–water partition coefficient (Wildman–Crippen LogP) is 3.28. The highest BCUT2D eigenvalue weighted by atomic mass is 16.6. The van der Waals surface area contributed by atoms with E-state index in [1.165, 1.54) is 0 Å². The van der Waals surface area contributed by atoms with Gasteiger partial charge in [0.1, 0.15) is 11.4 Å². The first kappa shape index (κ1) is 14.9. The number of Topliss-reactive ketones (excluding diaryl/α,β-unsaturated/α-hetero) is 1. The SMILES string of the molecule is CC(=O)CC[C@@H](C=C[C@@]1(C)CCC(=O)O1)C(C)C. The second-order valence-corrected chi connectivity index (χ2v) is 5.79. The number of ketones is 1. The summed E-state index contributed by atoms with van der Waals surface area (Å²) < 4.78 is 5.31. The molecule has 2 atom stereocenters. The van der Waals surface area contributed by atoms with Crippen molar-refractivity contribution in [3.63, 3.8) is 0 Å². The van der Waals surface area contributed by atoms with Gasteiger partial charge in [-0.3, -0.25) is 4.79 Å². The van der Waals surface area contributed by atoms with Gasteiger partial charge in [-0.1, -0.05) is 19.9 Å². The fraction of sp³-hybridized carbons (Fsp3) is 0.733. The molecule has 0 unspecified atom stereocenters. The summed E-state index contributed by atoms with van der Waals surface area (Å²) in [6, 6.07) is 0. The van der Waals surface area contributed by atoms with Crippen LogP contribution in [0.1, 0.15) is 53.4 Å². The summed E-state index contributed by atoms with van der Waals surface area (Å²) in [5.41, 5.74) is -0.444. The number of hydrogen-bond acceptors (Lipinski definition) is 3. The summed E-state index contributed by atoms with van der Waals surface area (Å²) in [6.07, 6.45) is 6.85. The molecule has 1 heterocycles. The van der Waals surface area contributed by atoms with E-state index in [-0.39, 0.29) is 11.8 Å². The lowest BCUT2D eigenvalue weighted by atomic mass is 9.88. The Morgan fingerprint density at radius 1 is 1.50 bits per heavy atom. The van der Waals surface area contributed by atoms with Gasteiger partial charge in [-0.25, -0.2) is 0 Å². The van der Waals surface area contributed by atoms with Crippen molar-refractivity contribution in [3.8, 4) is 0 Å². The zero-order valence-electron chi connectivity index (χ0n) is 11.9. The lowest BCUT2D eigenvalue weighted by molar-refractivity contribution is -0.144. The van der Waals surface area contributed by atoms with Crippen molar-refractivity contribution in [3.05, 3.63) is 12.2 Å². The Morgan fingerprint density at radius 2 is 2.17 bits per heavy atom. The normalized spacial score (nSPS) is 25.7. The molecule has 1 aliphatic heterocycles. The molecule has 3 nitrogen and oxygen atoms in total. The van der Waals surface area contributed by atoms with Crippen LogP contribution >= 0.6 is 0 Å². The molecular weight excluding hydrogens is 228 g/mol. The van der Waals surface area contributed by atoms with Crippen LogP contribution in [-0.2, 0) is 14.3 Å². The third-order valence-corrected chi connectivity index (χ3v) is 3.55. The van der Waals surface area contributed by atoms with Gasteiger partial charge in [0.05, 0.1) is 0 Å². The molecule has 1 saturated heterocycles. The van der Waals surface area contributed by atoms with Crippen LogP contribution in [-0.4, -0.2) is 17.4 Å². The zero-order chi connectivity index (χ0) is 13.8. The van der Waals surface area contributed by atoms with E-state index < -0.39 is 5.60 Å². The van der Waals surface area contributed by atoms with Gasteiger partial charge in [0.25, 0.3) is 0 Å². The van der Waals surface area contributed by atoms with Gasteiger partial charge in [-0.05, 0) is 38.2 Å². The Labute approximate surface area is 110 Å². The average molecular weight is 252 g/mol. The van der Waals surface area contributed by atoms with Gasteiger partial charge in [-0.15, -0.1) is 0 Å². The number of hydrogen-bond donors (Lipinski definition) is 0. The van der Waals surface area contributed by atoms with Crippen LogP contribution in [0.2, 0.25) is 0 Å². The van der Waals surface area contributed by atoms with Gasteiger partial charge < -0.3 is 9.53 Å². The largest absolute Gasteiger partial charge is 0.455 e. The standard InChI is InChI=1S/C15H24O3/c1-11(2)13(6-5-12(3)16)7-9-15(4)10-8-14(17)18-15/h7,9,11,13H,5-6,8,10H2,1-4H3/t13-,15-/m0/s1. The summed E-state index contributed by atoms with van der Waals surface area (Å²) in [4.78, 5) is 22.2. The molecule has 1 aliphatic rings. The van der Waals surface area contributed by atoms with Crippen LogP contribution in [0.5, 0.6) is 0 Å². The fourth-order valence-corrected chi connectivity index (χ4v) is 2.18. The molecule has 0 spiro atoms. The number of allylic oxidation sites excluding steroid dienone is 1. The maximum absolute atomic E-state index is 11.2. The van der Waals surface area contributed by atoms with E-state index in [1.54, 1.807) is 6.92 Å². The van der Waals surface area contributed by atoms with E-state index in [2.05, 4.69) is 19.9 Å². The molecule has 1 fully saturated rings. The number of carbonyl (C=O) groups is 2. The maximum Gasteiger partial charge on any atom is 0.306 e. The summed E-state index contributed by atoms with van der Waals surface area (Å²) in [6.45, 7) is 7.87. The maximum atomic E-state index is 11.2. The van der Waals surface area contributed by atoms with E-state index in [1.807, 2.05) is 13.0 Å². The van der Waals surface area contributed by atoms with Gasteiger partial charge in [0, 0.05) is 19.3 Å². The van der Waals surface area contributed by atoms with Crippen molar-refractivity contribution in [2.45, 2.75) is 59.0 Å². The number of carbonyl (C=O) groups excluding carboxylic acids is 2. The Hall–Kier alpha value is -1.12. The van der Waals surface area contributed by atoms with Crippen molar-refractivity contribution < 1.29 is 14.3 Å². The molecule has 0 saturated carbocycles. The second kappa shape index (κ2) is 6.17. The van der Waals surface area contributed by atoms with Crippen LogP contribution in [0.3, 0.4) is 0 Å². The van der Waals surface area contributed by atoms with Crippen molar-refractivity contribution in [2.75, 3.05) is 0 Å². The molecule has 0 aliphatic carbocycles. The van der Waals surface area contributed by atoms with Crippen molar-refractivity contribution in [1.29, 1.82) is 0 Å². The smallest absolute Gasteiger partial charge is 0.306 e. The molecule has 0 amide bonds. The molecule has 0 aromatic heterocycles. The zero-order valence-corrected chi connectivity index (χ0v) is 11.9. The Bertz CT molecular complexity index is 344. The monoisotopic (exact) mass is 252 g/mol. The summed E-state index contributed by atoms with van der Waals surface area (Å²) in [5.74, 6) is 0.964. The summed E-state index contributed by atoms with van der Waals surface area (Å²) in [7, 11) is 0. The molecule has 1 rings (SSSR count). The highest BCUT2D eigenvalue weighted by molar-refractivity contribution is 5.75. The Morgan fingerprint density at radius 3 is 2.61 bits per heavy atom. The van der Waals surface area contributed by atoms with Crippen LogP contribution in [0, 0.1) is 11.8 Å². The average Bonchev–Trinajstić information content (AvgIpc) is 2.58. The first-order valence-corrected chi connectivity index (χ1v) is 6.73. The highest BCUT2D eigenvalue weighted by Gasteiger charge is 2.33. The van der Waals surface area contributed by atoms with Crippen LogP contribution in [0.4, 0.5) is 0 Å². The first-order chi connectivity index (χ1) is 8.32. The van der Waals surface area contributed by atoms with Crippen molar-refractivity contribution >= 4 is 11.8 Å². The number of ether oxygens (including phenoxy) is 1. The molecule has 0 bridgehead atoms. The number of cyclic esters (lactones) is 1. The van der Waals surface area contributed by atoms with E-state index in [4.69, 9.17) is 4.74 Å². The number of esters is 1. The number of rotatable bonds is 6. The van der Waals surface area contributed by atoms with Crippen molar-refractivity contribution in [2.24, 2.45) is 11.8 Å². The lowest BCUT2D eigenvalue weighted by Crippen LogP contribution is -2.21. The van der Waals surface area contributed by atoms with Crippen LogP contribution in [0.25, 0.3) is 0 Å². The van der Waals surface area contributed by atoms with Gasteiger partial charge in [-0.2, -0.15) is 0 Å². The quantitative estimate of drug-likeness (QED) is 0.538. The van der Waals surface area contributed by atoms with E-state index >= 15 is 0 Å². The van der Waals surface area contributed by atoms with E-state index in [9.17, 15) is 9.59 Å². The van der Waals surface area contributed by atoms with Crippen molar-refractivity contribution in [1.82, 2.24) is 0 Å². The first-order valence-electron chi connectivity index (χ1n) is 6.73. The van der Waals surface area contributed by atoms with Crippen LogP contribution in [0.15, 0.2) is 12.2 Å². The minimum atomic E-state index is -0.444. The summed E-state index contributed by atoms with van der Waals surface area (Å²) in [5, 5.41) is 0. The Kier molecular flexibility index (Phi) is 5.12. The molecule has 0 aromatic carbocycles. The minimum Gasteiger partial charge on any atom is -0.455 e. The van der Waals surface area contributed by atoms with E-state index in [0.717, 1.165) is 12.8 Å². The Balaban J connectivity index is 2.59. The topological polar surface area (TPSA) is 43.4 Å². The molecular formula is C15H24O3. The van der Waals surface area contributed by atoms with Crippen LogP contribution < -0.4 is 0 Å². The van der Waals surface area contributed by atoms with E-state index in [0.29, 0.717) is 24.7 Å². The minimum absolute atomic E-state index is 0.119. The molecule has 0 aromatic rings. The molecule has 18 heavy (non-hydrogen) atoms. The molecule has 0 N–H and O–H groups in total. The predicted molar refractivity (Wildman–Crippen MR) is 71.1 cm³/mol. The van der Waals surface area contributed by atoms with Gasteiger partial charge in [0.2, 0.25) is 0 Å². The van der Waals surface area contributed by atoms with Gasteiger partial charge in [0.15, 0.2) is 0 Å². The summed E-state index contributed by atoms with van der Waals surface area (Å²) >= 11 is 0. The third kappa shape index (κ3) is 4.63. The van der Waals surface area contributed by atoms with Gasteiger partial charge >= 0.3 is 5.97 Å². The fourth-order valence-electron chi connectivity index (χ4n) is 2.18. The lowest BCUT2D eigenvalue weighted by Gasteiger charge is -2.21. The third-order valence-electron chi connectivity index (χ3n) is 3.55. The molecule has 3 heteroatoms. The molecule has 102 valence electrons. The second-order valence-electron chi connectivity index (χ2n) is 5.79.